The molecule has 0 saturated carbocycles. The zero-order valence-corrected chi connectivity index (χ0v) is 17.8. The van der Waals surface area contributed by atoms with Gasteiger partial charge in [-0.15, -0.1) is 0 Å². The minimum Gasteiger partial charge on any atom is -0.496 e. The van der Waals surface area contributed by atoms with Gasteiger partial charge in [-0.25, -0.2) is 9.50 Å². The number of hydrogen-bond donors (Lipinski definition) is 1. The number of carbonyl (C=O) groups is 1. The first kappa shape index (κ1) is 20.6. The van der Waals surface area contributed by atoms with E-state index in [0.717, 1.165) is 41.8 Å². The summed E-state index contributed by atoms with van der Waals surface area (Å²) in [5.74, 6) is 0.526. The molecule has 2 aromatic carbocycles. The third-order valence-electron chi connectivity index (χ3n) is 5.18. The van der Waals surface area contributed by atoms with Crippen molar-refractivity contribution < 1.29 is 9.53 Å². The summed E-state index contributed by atoms with van der Waals surface area (Å²) in [6.07, 6.45) is 3.15. The van der Waals surface area contributed by atoms with Crippen molar-refractivity contribution in [1.29, 1.82) is 0 Å². The average molecular weight is 415 g/mol. The van der Waals surface area contributed by atoms with E-state index >= 15 is 0 Å². The predicted molar refractivity (Wildman–Crippen MR) is 122 cm³/mol. The van der Waals surface area contributed by atoms with Crippen LogP contribution in [0, 0.1) is 0 Å². The van der Waals surface area contributed by atoms with Crippen LogP contribution < -0.4 is 10.1 Å². The second-order valence-corrected chi connectivity index (χ2v) is 7.36. The lowest BCUT2D eigenvalue weighted by molar-refractivity contribution is 0.0948. The van der Waals surface area contributed by atoms with Gasteiger partial charge in [-0.1, -0.05) is 62.2 Å². The van der Waals surface area contributed by atoms with Crippen molar-refractivity contribution in [1.82, 2.24) is 19.9 Å². The number of benzene rings is 2. The topological polar surface area (TPSA) is 68.5 Å². The molecule has 31 heavy (non-hydrogen) atoms. The molecule has 6 heteroatoms. The number of methoxy groups -OCH3 is 1. The number of rotatable bonds is 8. The van der Waals surface area contributed by atoms with E-state index in [1.54, 1.807) is 17.7 Å². The largest absolute Gasteiger partial charge is 0.496 e. The van der Waals surface area contributed by atoms with E-state index in [1.807, 2.05) is 60.7 Å². The molecule has 6 nitrogen and oxygen atoms in total. The number of fused-ring (bicyclic) bond motifs is 1. The summed E-state index contributed by atoms with van der Waals surface area (Å²) in [6, 6.07) is 21.3. The van der Waals surface area contributed by atoms with Crippen LogP contribution in [0.4, 0.5) is 0 Å². The molecule has 4 aromatic rings. The number of nitrogens with zero attached hydrogens (tertiary/aromatic N) is 3. The van der Waals surface area contributed by atoms with Crippen LogP contribution in [0.1, 0.15) is 36.7 Å². The van der Waals surface area contributed by atoms with Crippen LogP contribution in [0.5, 0.6) is 5.75 Å². The molecule has 0 saturated heterocycles. The monoisotopic (exact) mass is 414 g/mol. The first-order chi connectivity index (χ1) is 15.2. The van der Waals surface area contributed by atoms with Gasteiger partial charge in [0.05, 0.1) is 18.5 Å². The van der Waals surface area contributed by atoms with Crippen LogP contribution in [0.25, 0.3) is 28.2 Å². The Labute approximate surface area is 181 Å². The Bertz CT molecular complexity index is 1180. The molecule has 0 spiro atoms. The minimum atomic E-state index is -0.183. The first-order valence-electron chi connectivity index (χ1n) is 10.6. The summed E-state index contributed by atoms with van der Waals surface area (Å²) in [4.78, 5) is 17.4. The smallest absolute Gasteiger partial charge is 0.270 e. The Kier molecular flexibility index (Phi) is 6.26. The van der Waals surface area contributed by atoms with Gasteiger partial charge in [0.1, 0.15) is 11.4 Å². The van der Waals surface area contributed by atoms with E-state index in [4.69, 9.17) is 9.84 Å². The SMILES string of the molecule is CCCCCNC(=O)c1cc(-c2ccccc2OC)n2nc(-c3ccccc3)cc2n1. The minimum absolute atomic E-state index is 0.183. The number of ether oxygens (including phenoxy) is 1. The van der Waals surface area contributed by atoms with Gasteiger partial charge in [0.25, 0.3) is 5.91 Å². The highest BCUT2D eigenvalue weighted by Gasteiger charge is 2.18. The maximum absolute atomic E-state index is 12.8. The van der Waals surface area contributed by atoms with Crippen molar-refractivity contribution in [3.63, 3.8) is 0 Å². The Balaban J connectivity index is 1.82. The number of aromatic nitrogens is 3. The second kappa shape index (κ2) is 9.43. The van der Waals surface area contributed by atoms with Crippen molar-refractivity contribution in [2.45, 2.75) is 26.2 Å². The number of amides is 1. The van der Waals surface area contributed by atoms with Crippen LogP contribution in [0.15, 0.2) is 66.7 Å². The van der Waals surface area contributed by atoms with E-state index in [1.165, 1.54) is 0 Å². The molecule has 0 unspecified atom stereocenters. The Morgan fingerprint density at radius 3 is 2.58 bits per heavy atom. The molecular formula is C25H26N4O2. The molecule has 1 N–H and O–H groups in total. The van der Waals surface area contributed by atoms with Crippen molar-refractivity contribution in [2.75, 3.05) is 13.7 Å². The fraction of sp³-hybridized carbons (Fsp3) is 0.240. The number of carbonyl (C=O) groups excluding carboxylic acids is 1. The predicted octanol–water partition coefficient (Wildman–Crippen LogP) is 4.99. The zero-order valence-electron chi connectivity index (χ0n) is 17.8. The van der Waals surface area contributed by atoms with Crippen molar-refractivity contribution >= 4 is 11.6 Å². The van der Waals surface area contributed by atoms with E-state index < -0.39 is 0 Å². The molecule has 0 bridgehead atoms. The number of nitrogens with one attached hydrogen (secondary N) is 1. The molecular weight excluding hydrogens is 388 g/mol. The van der Waals surface area contributed by atoms with Crippen molar-refractivity contribution in [3.8, 4) is 28.3 Å². The van der Waals surface area contributed by atoms with Crippen LogP contribution >= 0.6 is 0 Å². The third-order valence-corrected chi connectivity index (χ3v) is 5.18. The second-order valence-electron chi connectivity index (χ2n) is 7.36. The van der Waals surface area contributed by atoms with Crippen molar-refractivity contribution in [3.05, 3.63) is 72.4 Å². The number of para-hydroxylation sites is 1. The number of unbranched alkanes of at least 4 members (excludes halogenated alkanes) is 2. The molecule has 0 aliphatic rings. The molecule has 2 aromatic heterocycles. The van der Waals surface area contributed by atoms with E-state index in [9.17, 15) is 4.79 Å². The van der Waals surface area contributed by atoms with Gasteiger partial charge in [-0.2, -0.15) is 5.10 Å². The summed E-state index contributed by atoms with van der Waals surface area (Å²) in [5, 5.41) is 7.77. The third kappa shape index (κ3) is 4.43. The average Bonchev–Trinajstić information content (AvgIpc) is 3.26. The highest BCUT2D eigenvalue weighted by Crippen LogP contribution is 2.31. The van der Waals surface area contributed by atoms with E-state index in [2.05, 4.69) is 17.2 Å². The molecule has 2 heterocycles. The van der Waals surface area contributed by atoms with Gasteiger partial charge >= 0.3 is 0 Å². The summed E-state index contributed by atoms with van der Waals surface area (Å²) in [6.45, 7) is 2.78. The molecule has 0 radical (unpaired) electrons. The zero-order chi connectivity index (χ0) is 21.6. The molecule has 1 amide bonds. The van der Waals surface area contributed by atoms with Crippen LogP contribution in [0.2, 0.25) is 0 Å². The normalized spacial score (nSPS) is 10.9. The van der Waals surface area contributed by atoms with Crippen LogP contribution in [-0.2, 0) is 0 Å². The fourth-order valence-electron chi connectivity index (χ4n) is 3.56. The van der Waals surface area contributed by atoms with Crippen LogP contribution in [-0.4, -0.2) is 34.2 Å². The van der Waals surface area contributed by atoms with Gasteiger partial charge in [0, 0.05) is 23.7 Å². The molecule has 0 aliphatic heterocycles. The Morgan fingerprint density at radius 2 is 1.81 bits per heavy atom. The summed E-state index contributed by atoms with van der Waals surface area (Å²) in [7, 11) is 1.64. The van der Waals surface area contributed by atoms with Gasteiger partial charge in [-0.05, 0) is 24.6 Å². The fourth-order valence-corrected chi connectivity index (χ4v) is 3.56. The lowest BCUT2D eigenvalue weighted by atomic mass is 10.1. The maximum Gasteiger partial charge on any atom is 0.270 e. The van der Waals surface area contributed by atoms with Gasteiger partial charge in [0.2, 0.25) is 0 Å². The molecule has 0 atom stereocenters. The van der Waals surface area contributed by atoms with Crippen LogP contribution in [0.3, 0.4) is 0 Å². The van der Waals surface area contributed by atoms with Gasteiger partial charge in [0.15, 0.2) is 5.65 Å². The summed E-state index contributed by atoms with van der Waals surface area (Å²) in [5.41, 5.74) is 4.36. The molecule has 158 valence electrons. The Hall–Kier alpha value is -3.67. The highest BCUT2D eigenvalue weighted by atomic mass is 16.5. The quantitative estimate of drug-likeness (QED) is 0.412. The number of hydrogen-bond acceptors (Lipinski definition) is 4. The van der Waals surface area contributed by atoms with Gasteiger partial charge < -0.3 is 10.1 Å². The molecule has 0 fully saturated rings. The highest BCUT2D eigenvalue weighted by molar-refractivity contribution is 5.94. The van der Waals surface area contributed by atoms with Gasteiger partial charge in [-0.3, -0.25) is 4.79 Å². The van der Waals surface area contributed by atoms with E-state index in [0.29, 0.717) is 23.6 Å². The molecule has 0 aliphatic carbocycles. The Morgan fingerprint density at radius 1 is 1.03 bits per heavy atom. The summed E-state index contributed by atoms with van der Waals surface area (Å²) < 4.78 is 7.34. The van der Waals surface area contributed by atoms with Crippen molar-refractivity contribution in [2.24, 2.45) is 0 Å². The standard InChI is InChI=1S/C25H26N4O2/c1-3-4-10-15-26-25(30)21-16-22(19-13-8-9-14-23(19)31-2)29-24(27-21)17-20(28-29)18-11-6-5-7-12-18/h5-9,11-14,16-17H,3-4,10,15H2,1-2H3,(H,26,30). The van der Waals surface area contributed by atoms with E-state index in [-0.39, 0.29) is 5.91 Å². The lowest BCUT2D eigenvalue weighted by Crippen LogP contribution is -2.25. The lowest BCUT2D eigenvalue weighted by Gasteiger charge is -2.12. The summed E-state index contributed by atoms with van der Waals surface area (Å²) >= 11 is 0. The molecule has 4 rings (SSSR count). The first-order valence-corrected chi connectivity index (χ1v) is 10.6. The maximum atomic E-state index is 12.8.